The molecule has 0 saturated heterocycles. The van der Waals surface area contributed by atoms with Crippen LogP contribution in [0.25, 0.3) is 0 Å². The lowest BCUT2D eigenvalue weighted by Crippen LogP contribution is -2.45. The first-order valence-corrected chi connectivity index (χ1v) is 7.29. The lowest BCUT2D eigenvalue weighted by molar-refractivity contribution is 0.320. The van der Waals surface area contributed by atoms with E-state index in [1.807, 2.05) is 0 Å². The summed E-state index contributed by atoms with van der Waals surface area (Å²) >= 11 is 5.47. The fourth-order valence-corrected chi connectivity index (χ4v) is 1.97. The van der Waals surface area contributed by atoms with Crippen molar-refractivity contribution in [2.75, 3.05) is 13.1 Å². The molecule has 3 heteroatoms. The lowest BCUT2D eigenvalue weighted by Gasteiger charge is -2.30. The fourth-order valence-electron chi connectivity index (χ4n) is 1.56. The first-order chi connectivity index (χ1) is 7.84. The van der Waals surface area contributed by atoms with Crippen molar-refractivity contribution in [1.82, 2.24) is 10.2 Å². The Hall–Kier alpha value is -0.310. The van der Waals surface area contributed by atoms with E-state index >= 15 is 0 Å². The Morgan fingerprint density at radius 1 is 1.00 bits per heavy atom. The topological polar surface area (TPSA) is 15.3 Å². The Kier molecular flexibility index (Phi) is 8.57. The monoisotopic (exact) mass is 258 g/mol. The quantitative estimate of drug-likeness (QED) is 0.702. The van der Waals surface area contributed by atoms with Gasteiger partial charge >= 0.3 is 0 Å². The summed E-state index contributed by atoms with van der Waals surface area (Å²) in [6.07, 6.45) is 2.38. The molecule has 0 rings (SSSR count). The van der Waals surface area contributed by atoms with Crippen molar-refractivity contribution >= 4 is 17.3 Å². The summed E-state index contributed by atoms with van der Waals surface area (Å²) in [5.74, 6) is 1.46. The van der Waals surface area contributed by atoms with Gasteiger partial charge in [-0.15, -0.1) is 0 Å². The van der Waals surface area contributed by atoms with Gasteiger partial charge in [0.05, 0.1) is 0 Å². The summed E-state index contributed by atoms with van der Waals surface area (Å²) in [5, 5.41) is 4.29. The third-order valence-corrected chi connectivity index (χ3v) is 3.21. The molecule has 102 valence electrons. The third kappa shape index (κ3) is 8.42. The molecule has 0 aliphatic heterocycles. The van der Waals surface area contributed by atoms with Crippen molar-refractivity contribution in [1.29, 1.82) is 0 Å². The van der Waals surface area contributed by atoms with Crippen LogP contribution in [0.5, 0.6) is 0 Å². The highest BCUT2D eigenvalue weighted by molar-refractivity contribution is 7.80. The zero-order chi connectivity index (χ0) is 13.4. The van der Waals surface area contributed by atoms with Gasteiger partial charge < -0.3 is 10.2 Å². The van der Waals surface area contributed by atoms with E-state index in [0.717, 1.165) is 30.0 Å². The number of nitrogens with zero attached hydrogens (tertiary/aromatic N) is 1. The van der Waals surface area contributed by atoms with Crippen molar-refractivity contribution in [3.63, 3.8) is 0 Å². The molecule has 2 nitrogen and oxygen atoms in total. The molecular weight excluding hydrogens is 228 g/mol. The highest BCUT2D eigenvalue weighted by atomic mass is 32.1. The maximum absolute atomic E-state index is 5.47. The summed E-state index contributed by atoms with van der Waals surface area (Å²) in [4.78, 5) is 2.30. The normalized spacial score (nSPS) is 11.4. The first kappa shape index (κ1) is 16.7. The average molecular weight is 258 g/mol. The van der Waals surface area contributed by atoms with E-state index < -0.39 is 0 Å². The van der Waals surface area contributed by atoms with Gasteiger partial charge in [-0.25, -0.2) is 0 Å². The van der Waals surface area contributed by atoms with Gasteiger partial charge in [-0.05, 0) is 50.7 Å². The molecular formula is C14H30N2S. The Bertz CT molecular complexity index is 212. The number of nitrogens with one attached hydrogen (secondary N) is 1. The van der Waals surface area contributed by atoms with Crippen LogP contribution in [0.2, 0.25) is 0 Å². The van der Waals surface area contributed by atoms with Crippen molar-refractivity contribution in [3.05, 3.63) is 0 Å². The molecule has 0 fully saturated rings. The predicted molar refractivity (Wildman–Crippen MR) is 81.4 cm³/mol. The Balaban J connectivity index is 4.06. The first-order valence-electron chi connectivity index (χ1n) is 6.89. The summed E-state index contributed by atoms with van der Waals surface area (Å²) in [5.41, 5.74) is 0. The van der Waals surface area contributed by atoms with E-state index in [9.17, 15) is 0 Å². The maximum atomic E-state index is 5.47. The van der Waals surface area contributed by atoms with Crippen molar-refractivity contribution in [3.8, 4) is 0 Å². The average Bonchev–Trinajstić information content (AvgIpc) is 2.16. The molecule has 0 radical (unpaired) electrons. The zero-order valence-corrected chi connectivity index (χ0v) is 13.2. The summed E-state index contributed by atoms with van der Waals surface area (Å²) in [7, 11) is 0. The van der Waals surface area contributed by atoms with Crippen molar-refractivity contribution < 1.29 is 0 Å². The largest absolute Gasteiger partial charge is 0.363 e. The van der Waals surface area contributed by atoms with Gasteiger partial charge in [0.25, 0.3) is 0 Å². The third-order valence-electron chi connectivity index (χ3n) is 2.83. The van der Waals surface area contributed by atoms with Gasteiger partial charge in [0.2, 0.25) is 0 Å². The predicted octanol–water partition coefficient (Wildman–Crippen LogP) is 3.66. The number of thiocarbonyl (C=S) groups is 1. The minimum atomic E-state index is 0.479. The zero-order valence-electron chi connectivity index (χ0n) is 12.4. The summed E-state index contributed by atoms with van der Waals surface area (Å²) in [6.45, 7) is 15.5. The van der Waals surface area contributed by atoms with E-state index in [2.05, 4.69) is 51.8 Å². The highest BCUT2D eigenvalue weighted by Crippen LogP contribution is 2.06. The Morgan fingerprint density at radius 3 is 1.94 bits per heavy atom. The van der Waals surface area contributed by atoms with Crippen molar-refractivity contribution in [2.24, 2.45) is 11.8 Å². The van der Waals surface area contributed by atoms with Gasteiger partial charge in [0, 0.05) is 19.1 Å². The molecule has 0 aromatic rings. The molecule has 0 saturated carbocycles. The van der Waals surface area contributed by atoms with Crippen LogP contribution in [-0.4, -0.2) is 29.1 Å². The second-order valence-electron chi connectivity index (χ2n) is 5.88. The van der Waals surface area contributed by atoms with Crippen LogP contribution in [0.4, 0.5) is 0 Å². The molecule has 0 aliphatic rings. The second-order valence-corrected chi connectivity index (χ2v) is 6.27. The highest BCUT2D eigenvalue weighted by Gasteiger charge is 2.13. The van der Waals surface area contributed by atoms with Crippen LogP contribution in [0.15, 0.2) is 0 Å². The Labute approximate surface area is 113 Å². The summed E-state index contributed by atoms with van der Waals surface area (Å²) in [6, 6.07) is 0.479. The van der Waals surface area contributed by atoms with Gasteiger partial charge in [-0.3, -0.25) is 0 Å². The smallest absolute Gasteiger partial charge is 0.169 e. The lowest BCUT2D eigenvalue weighted by atomic mass is 10.1. The molecule has 1 N–H and O–H groups in total. The van der Waals surface area contributed by atoms with Crippen LogP contribution >= 0.6 is 12.2 Å². The molecule has 0 atom stereocenters. The van der Waals surface area contributed by atoms with Crippen LogP contribution in [0.1, 0.15) is 54.4 Å². The van der Waals surface area contributed by atoms with Gasteiger partial charge in [0.15, 0.2) is 5.11 Å². The molecule has 0 bridgehead atoms. The molecule has 0 unspecified atom stereocenters. The standard InChI is InChI=1S/C14H30N2S/c1-11(2)7-9-15-14(17)16(13(5)6)10-8-12(3)4/h11-13H,7-10H2,1-6H3,(H,15,17). The van der Waals surface area contributed by atoms with E-state index in [4.69, 9.17) is 12.2 Å². The molecule has 0 heterocycles. The van der Waals surface area contributed by atoms with E-state index in [1.165, 1.54) is 12.8 Å². The van der Waals surface area contributed by atoms with E-state index in [-0.39, 0.29) is 0 Å². The summed E-state index contributed by atoms with van der Waals surface area (Å²) < 4.78 is 0. The second kappa shape index (κ2) is 8.73. The molecule has 0 aliphatic carbocycles. The molecule has 0 aromatic carbocycles. The van der Waals surface area contributed by atoms with Gasteiger partial charge in [-0.2, -0.15) is 0 Å². The maximum Gasteiger partial charge on any atom is 0.169 e. The number of rotatable bonds is 7. The van der Waals surface area contributed by atoms with E-state index in [1.54, 1.807) is 0 Å². The van der Waals surface area contributed by atoms with Gasteiger partial charge in [-0.1, -0.05) is 27.7 Å². The molecule has 0 amide bonds. The number of hydrogen-bond acceptors (Lipinski definition) is 1. The van der Waals surface area contributed by atoms with Crippen LogP contribution < -0.4 is 5.32 Å². The number of hydrogen-bond donors (Lipinski definition) is 1. The van der Waals surface area contributed by atoms with E-state index in [0.29, 0.717) is 6.04 Å². The Morgan fingerprint density at radius 2 is 1.53 bits per heavy atom. The minimum Gasteiger partial charge on any atom is -0.363 e. The van der Waals surface area contributed by atoms with Crippen LogP contribution in [0.3, 0.4) is 0 Å². The minimum absolute atomic E-state index is 0.479. The van der Waals surface area contributed by atoms with Crippen LogP contribution in [-0.2, 0) is 0 Å². The fraction of sp³-hybridized carbons (Fsp3) is 0.929. The van der Waals surface area contributed by atoms with Gasteiger partial charge in [0.1, 0.15) is 0 Å². The molecule has 0 aromatic heterocycles. The molecule has 0 spiro atoms. The molecule has 17 heavy (non-hydrogen) atoms. The van der Waals surface area contributed by atoms with Crippen LogP contribution in [0, 0.1) is 11.8 Å². The SMILES string of the molecule is CC(C)CCNC(=S)N(CCC(C)C)C(C)C. The van der Waals surface area contributed by atoms with Crippen molar-refractivity contribution in [2.45, 2.75) is 60.4 Å².